The Bertz CT molecular complexity index is 1290. The van der Waals surface area contributed by atoms with Gasteiger partial charge in [0, 0.05) is 30.0 Å². The molecule has 3 atom stereocenters. The first-order valence-corrected chi connectivity index (χ1v) is 15.2. The van der Waals surface area contributed by atoms with Crippen LogP contribution in [0.3, 0.4) is 0 Å². The molecule has 0 saturated carbocycles. The fourth-order valence-electron chi connectivity index (χ4n) is 4.68. The number of hydrogen-bond donors (Lipinski definition) is 4. The molecule has 0 unspecified atom stereocenters. The quantitative estimate of drug-likeness (QED) is 0.169. The zero-order valence-corrected chi connectivity index (χ0v) is 24.5. The Morgan fingerprint density at radius 1 is 0.952 bits per heavy atom. The SMILES string of the molecule is CCOC(=O)CNC(=O)NCc1ccccc1-c1ccc([C@H]2O[C@@H](CSCCO)C[C@@H](c3ccc(CO)cc3)O2)cc1. The predicted molar refractivity (Wildman–Crippen MR) is 162 cm³/mol. The second kappa shape index (κ2) is 16.3. The third-order valence-corrected chi connectivity index (χ3v) is 7.88. The van der Waals surface area contributed by atoms with Crippen LogP contribution in [0.5, 0.6) is 0 Å². The number of nitrogens with one attached hydrogen (secondary N) is 2. The van der Waals surface area contributed by atoms with E-state index in [2.05, 4.69) is 10.6 Å². The van der Waals surface area contributed by atoms with Crippen molar-refractivity contribution in [3.05, 3.63) is 95.1 Å². The Kier molecular flexibility index (Phi) is 12.2. The highest BCUT2D eigenvalue weighted by Crippen LogP contribution is 2.39. The lowest BCUT2D eigenvalue weighted by molar-refractivity contribution is -0.245. The number of urea groups is 1. The van der Waals surface area contributed by atoms with E-state index < -0.39 is 18.3 Å². The lowest BCUT2D eigenvalue weighted by atomic mass is 9.98. The number of ether oxygens (including phenoxy) is 3. The van der Waals surface area contributed by atoms with Gasteiger partial charge in [-0.1, -0.05) is 72.8 Å². The Balaban J connectivity index is 1.45. The largest absolute Gasteiger partial charge is 0.465 e. The van der Waals surface area contributed by atoms with E-state index in [1.807, 2.05) is 72.8 Å². The summed E-state index contributed by atoms with van der Waals surface area (Å²) in [6.45, 7) is 2.18. The van der Waals surface area contributed by atoms with Gasteiger partial charge in [0.1, 0.15) is 6.54 Å². The minimum atomic E-state index is -0.560. The van der Waals surface area contributed by atoms with Crippen molar-refractivity contribution in [2.45, 2.75) is 45.0 Å². The molecule has 224 valence electrons. The maximum atomic E-state index is 12.2. The van der Waals surface area contributed by atoms with Gasteiger partial charge in [-0.15, -0.1) is 0 Å². The summed E-state index contributed by atoms with van der Waals surface area (Å²) in [6.07, 6.45) is -0.0869. The van der Waals surface area contributed by atoms with Crippen molar-refractivity contribution in [1.29, 1.82) is 0 Å². The molecule has 1 aliphatic heterocycles. The predicted octanol–water partition coefficient (Wildman–Crippen LogP) is 4.48. The highest BCUT2D eigenvalue weighted by molar-refractivity contribution is 7.99. The van der Waals surface area contributed by atoms with E-state index in [0.717, 1.165) is 39.1 Å². The van der Waals surface area contributed by atoms with Crippen LogP contribution in [0.15, 0.2) is 72.8 Å². The molecule has 0 aromatic heterocycles. The summed E-state index contributed by atoms with van der Waals surface area (Å²) in [6, 6.07) is 23.1. The average molecular weight is 595 g/mol. The van der Waals surface area contributed by atoms with Crippen molar-refractivity contribution >= 4 is 23.8 Å². The Labute approximate surface area is 250 Å². The van der Waals surface area contributed by atoms with Crippen LogP contribution in [0.1, 0.15) is 48.0 Å². The third kappa shape index (κ3) is 9.04. The average Bonchev–Trinajstić information content (AvgIpc) is 3.03. The molecule has 3 aromatic carbocycles. The molecule has 0 bridgehead atoms. The van der Waals surface area contributed by atoms with Crippen LogP contribution in [0.4, 0.5) is 4.79 Å². The summed E-state index contributed by atoms with van der Waals surface area (Å²) in [5, 5.41) is 23.9. The number of amides is 2. The summed E-state index contributed by atoms with van der Waals surface area (Å²) in [7, 11) is 0. The molecule has 10 heteroatoms. The van der Waals surface area contributed by atoms with E-state index in [1.54, 1.807) is 18.7 Å². The number of benzene rings is 3. The highest BCUT2D eigenvalue weighted by Gasteiger charge is 2.32. The standard InChI is InChI=1S/C32H38N2O7S/c1-2-39-30(37)19-34-32(38)33-18-26-5-3-4-6-28(26)23-11-13-25(14-12-23)31-40-27(21-42-16-15-35)17-29(41-31)24-9-7-22(20-36)8-10-24/h3-14,27,29,31,35-36H,2,15-21H2,1H3,(H2,33,34,38)/t27-,29+,31+/m1/s1. The molecule has 42 heavy (non-hydrogen) atoms. The van der Waals surface area contributed by atoms with Crippen molar-refractivity contribution in [3.63, 3.8) is 0 Å². The maximum absolute atomic E-state index is 12.2. The van der Waals surface area contributed by atoms with Gasteiger partial charge in [-0.2, -0.15) is 11.8 Å². The van der Waals surface area contributed by atoms with E-state index in [0.29, 0.717) is 12.2 Å². The van der Waals surface area contributed by atoms with Crippen LogP contribution >= 0.6 is 11.8 Å². The summed E-state index contributed by atoms with van der Waals surface area (Å²) < 4.78 is 17.6. The molecule has 9 nitrogen and oxygen atoms in total. The second-order valence-electron chi connectivity index (χ2n) is 9.77. The molecule has 0 aliphatic carbocycles. The molecule has 4 N–H and O–H groups in total. The number of carbonyl (C=O) groups excluding carboxylic acids is 2. The van der Waals surface area contributed by atoms with Crippen LogP contribution in [0, 0.1) is 0 Å². The number of thioether (sulfide) groups is 1. The van der Waals surface area contributed by atoms with Crippen molar-refractivity contribution in [2.75, 3.05) is 31.3 Å². The zero-order chi connectivity index (χ0) is 29.7. The lowest BCUT2D eigenvalue weighted by Gasteiger charge is -2.36. The fourth-order valence-corrected chi connectivity index (χ4v) is 5.45. The number of esters is 1. The molecule has 3 aromatic rings. The summed E-state index contributed by atoms with van der Waals surface area (Å²) in [5.74, 6) is 0.912. The lowest BCUT2D eigenvalue weighted by Crippen LogP contribution is -2.38. The van der Waals surface area contributed by atoms with Crippen LogP contribution in [0.2, 0.25) is 0 Å². The second-order valence-corrected chi connectivity index (χ2v) is 10.9. The minimum Gasteiger partial charge on any atom is -0.465 e. The topological polar surface area (TPSA) is 126 Å². The molecule has 1 heterocycles. The molecule has 0 radical (unpaired) electrons. The monoisotopic (exact) mass is 594 g/mol. The van der Waals surface area contributed by atoms with E-state index >= 15 is 0 Å². The van der Waals surface area contributed by atoms with Crippen molar-refractivity contribution in [2.24, 2.45) is 0 Å². The smallest absolute Gasteiger partial charge is 0.325 e. The molecule has 1 fully saturated rings. The molecule has 0 spiro atoms. The zero-order valence-electron chi connectivity index (χ0n) is 23.7. The summed E-state index contributed by atoms with van der Waals surface area (Å²) >= 11 is 1.65. The Morgan fingerprint density at radius 2 is 1.69 bits per heavy atom. The Hall–Kier alpha value is -3.41. The van der Waals surface area contributed by atoms with Gasteiger partial charge in [0.15, 0.2) is 6.29 Å². The maximum Gasteiger partial charge on any atom is 0.325 e. The molecule has 1 saturated heterocycles. The molecule has 1 aliphatic rings. The van der Waals surface area contributed by atoms with Crippen LogP contribution in [0.25, 0.3) is 11.1 Å². The molecule has 2 amide bonds. The van der Waals surface area contributed by atoms with Crippen LogP contribution in [-0.2, 0) is 32.2 Å². The van der Waals surface area contributed by atoms with Crippen molar-refractivity contribution < 1.29 is 34.0 Å². The first kappa shape index (κ1) is 31.5. The van der Waals surface area contributed by atoms with Gasteiger partial charge in [-0.25, -0.2) is 4.79 Å². The highest BCUT2D eigenvalue weighted by atomic mass is 32.2. The summed E-state index contributed by atoms with van der Waals surface area (Å²) in [4.78, 5) is 23.7. The number of aliphatic hydroxyl groups excluding tert-OH is 2. The molecular weight excluding hydrogens is 556 g/mol. The number of aliphatic hydroxyl groups is 2. The third-order valence-electron chi connectivity index (χ3n) is 6.80. The molecular formula is C32H38N2O7S. The summed E-state index contributed by atoms with van der Waals surface area (Å²) in [5.41, 5.74) is 5.64. The Morgan fingerprint density at radius 3 is 2.40 bits per heavy atom. The van der Waals surface area contributed by atoms with E-state index in [-0.39, 0.29) is 45.1 Å². The van der Waals surface area contributed by atoms with Crippen molar-refractivity contribution in [1.82, 2.24) is 10.6 Å². The number of rotatable bonds is 13. The van der Waals surface area contributed by atoms with Gasteiger partial charge < -0.3 is 35.1 Å². The fraction of sp³-hybridized carbons (Fsp3) is 0.375. The van der Waals surface area contributed by atoms with Crippen LogP contribution < -0.4 is 10.6 Å². The van der Waals surface area contributed by atoms with Gasteiger partial charge in [-0.3, -0.25) is 4.79 Å². The number of carbonyl (C=O) groups is 2. The van der Waals surface area contributed by atoms with Gasteiger partial charge in [-0.05, 0) is 34.7 Å². The van der Waals surface area contributed by atoms with Gasteiger partial charge in [0.2, 0.25) is 0 Å². The first-order chi connectivity index (χ1) is 20.5. The van der Waals surface area contributed by atoms with Crippen LogP contribution in [-0.4, -0.2) is 59.6 Å². The van der Waals surface area contributed by atoms with Gasteiger partial charge >= 0.3 is 12.0 Å². The first-order valence-electron chi connectivity index (χ1n) is 14.1. The molecule has 4 rings (SSSR count). The minimum absolute atomic E-state index is 0.00775. The number of hydrogen-bond acceptors (Lipinski definition) is 8. The van der Waals surface area contributed by atoms with Crippen molar-refractivity contribution in [3.8, 4) is 11.1 Å². The van der Waals surface area contributed by atoms with E-state index in [9.17, 15) is 19.8 Å². The normalized spacial score (nSPS) is 18.3. The van der Waals surface area contributed by atoms with E-state index in [4.69, 9.17) is 14.2 Å². The van der Waals surface area contributed by atoms with Gasteiger partial charge in [0.05, 0.1) is 32.0 Å². The van der Waals surface area contributed by atoms with E-state index in [1.165, 1.54) is 0 Å². The van der Waals surface area contributed by atoms with Gasteiger partial charge in [0.25, 0.3) is 0 Å².